The van der Waals surface area contributed by atoms with Crippen LogP contribution in [0.2, 0.25) is 0 Å². The van der Waals surface area contributed by atoms with Crippen molar-refractivity contribution in [1.29, 1.82) is 0 Å². The lowest BCUT2D eigenvalue weighted by Crippen LogP contribution is -2.44. The van der Waals surface area contributed by atoms with Crippen LogP contribution in [0.25, 0.3) is 22.4 Å². The average Bonchev–Trinajstić information content (AvgIpc) is 3.20. The molecule has 11 heteroatoms. The van der Waals surface area contributed by atoms with Crippen molar-refractivity contribution < 1.29 is 18.1 Å². The SMILES string of the molecule is Nc1nc(-c2nn(Cc3ccccc3F)c3c(F)cccc23)ncc1C(=O)N1CC[S+]([O-])CC1. The molecule has 2 aromatic carbocycles. The number of nitrogens with zero attached hydrogens (tertiary/aromatic N) is 5. The summed E-state index contributed by atoms with van der Waals surface area (Å²) in [4.78, 5) is 23.0. The van der Waals surface area contributed by atoms with Crippen molar-refractivity contribution in [3.63, 3.8) is 0 Å². The van der Waals surface area contributed by atoms with Gasteiger partial charge in [-0.25, -0.2) is 18.7 Å². The van der Waals surface area contributed by atoms with Crippen molar-refractivity contribution in [3.8, 4) is 11.5 Å². The summed E-state index contributed by atoms with van der Waals surface area (Å²) in [5.74, 6) is -0.347. The normalized spacial score (nSPS) is 14.6. The Kier molecular flexibility index (Phi) is 5.88. The summed E-state index contributed by atoms with van der Waals surface area (Å²) < 4.78 is 41.9. The molecule has 0 atom stereocenters. The van der Waals surface area contributed by atoms with Gasteiger partial charge in [-0.15, -0.1) is 0 Å². The topological polar surface area (TPSA) is 113 Å². The van der Waals surface area contributed by atoms with E-state index in [0.717, 1.165) is 0 Å². The molecule has 1 amide bonds. The fourth-order valence-electron chi connectivity index (χ4n) is 3.95. The first-order chi connectivity index (χ1) is 16.4. The number of amides is 1. The summed E-state index contributed by atoms with van der Waals surface area (Å²) in [6.07, 6.45) is 1.33. The van der Waals surface area contributed by atoms with Crippen LogP contribution >= 0.6 is 0 Å². The van der Waals surface area contributed by atoms with E-state index in [1.54, 1.807) is 29.2 Å². The number of carbonyl (C=O) groups excluding carboxylic acids is 1. The molecular weight excluding hydrogens is 462 g/mol. The van der Waals surface area contributed by atoms with E-state index in [1.165, 1.54) is 29.1 Å². The molecule has 8 nitrogen and oxygen atoms in total. The maximum Gasteiger partial charge on any atom is 0.259 e. The summed E-state index contributed by atoms with van der Waals surface area (Å²) >= 11 is -0.919. The minimum atomic E-state index is -0.919. The molecule has 1 saturated heterocycles. The van der Waals surface area contributed by atoms with Gasteiger partial charge in [0.1, 0.15) is 45.7 Å². The Morgan fingerprint density at radius 3 is 2.56 bits per heavy atom. The number of nitrogens with two attached hydrogens (primary N) is 1. The number of rotatable bonds is 4. The highest BCUT2D eigenvalue weighted by molar-refractivity contribution is 7.91. The van der Waals surface area contributed by atoms with E-state index in [2.05, 4.69) is 15.1 Å². The molecule has 3 heterocycles. The highest BCUT2D eigenvalue weighted by Crippen LogP contribution is 2.29. The van der Waals surface area contributed by atoms with Crippen LogP contribution in [-0.2, 0) is 17.7 Å². The van der Waals surface area contributed by atoms with Gasteiger partial charge in [-0.3, -0.25) is 9.48 Å². The summed E-state index contributed by atoms with van der Waals surface area (Å²) in [5.41, 5.74) is 7.04. The largest absolute Gasteiger partial charge is 0.616 e. The third kappa shape index (κ3) is 4.08. The first-order valence-electron chi connectivity index (χ1n) is 10.6. The zero-order chi connectivity index (χ0) is 23.8. The van der Waals surface area contributed by atoms with Crippen molar-refractivity contribution in [2.45, 2.75) is 6.54 Å². The number of para-hydroxylation sites is 1. The molecule has 34 heavy (non-hydrogen) atoms. The Balaban J connectivity index is 1.52. The number of fused-ring (bicyclic) bond motifs is 1. The maximum atomic E-state index is 14.8. The number of anilines is 1. The standard InChI is InChI=1S/C23H20F2N6O2S/c24-17-6-2-1-4-14(17)13-31-20-15(5-3-7-18(20)25)19(29-31)22-27-12-16(21(26)28-22)23(32)30-8-10-34(33)11-9-30/h1-7,12H,8-11,13H2,(H2,26,27,28). The third-order valence-electron chi connectivity index (χ3n) is 5.72. The zero-order valence-corrected chi connectivity index (χ0v) is 18.8. The van der Waals surface area contributed by atoms with Crippen molar-refractivity contribution in [2.75, 3.05) is 30.3 Å². The van der Waals surface area contributed by atoms with Gasteiger partial charge < -0.3 is 15.2 Å². The predicted octanol–water partition coefficient (Wildman–Crippen LogP) is 2.61. The summed E-state index contributed by atoms with van der Waals surface area (Å²) in [5, 5.41) is 4.91. The second-order valence-corrected chi connectivity index (χ2v) is 9.56. The van der Waals surface area contributed by atoms with E-state index < -0.39 is 22.8 Å². The molecule has 0 spiro atoms. The van der Waals surface area contributed by atoms with Crippen LogP contribution in [0, 0.1) is 11.6 Å². The Morgan fingerprint density at radius 2 is 1.82 bits per heavy atom. The van der Waals surface area contributed by atoms with Gasteiger partial charge in [-0.1, -0.05) is 41.5 Å². The smallest absolute Gasteiger partial charge is 0.259 e. The van der Waals surface area contributed by atoms with E-state index in [1.807, 2.05) is 0 Å². The Bertz CT molecular complexity index is 1390. The molecule has 5 rings (SSSR count). The molecule has 1 fully saturated rings. The number of halogens is 2. The molecule has 0 bridgehead atoms. The van der Waals surface area contributed by atoms with E-state index in [4.69, 9.17) is 5.73 Å². The maximum absolute atomic E-state index is 14.8. The van der Waals surface area contributed by atoms with Gasteiger partial charge in [-0.05, 0) is 12.1 Å². The first-order valence-corrected chi connectivity index (χ1v) is 12.1. The Labute approximate surface area is 196 Å². The van der Waals surface area contributed by atoms with Crippen LogP contribution in [0.4, 0.5) is 14.6 Å². The quantitative estimate of drug-likeness (QED) is 0.448. The fraction of sp³-hybridized carbons (Fsp3) is 0.217. The van der Waals surface area contributed by atoms with Crippen LogP contribution in [0.15, 0.2) is 48.7 Å². The van der Waals surface area contributed by atoms with E-state index in [9.17, 15) is 18.1 Å². The highest BCUT2D eigenvalue weighted by atomic mass is 32.2. The van der Waals surface area contributed by atoms with Gasteiger partial charge in [0.15, 0.2) is 5.82 Å². The lowest BCUT2D eigenvalue weighted by molar-refractivity contribution is 0.0770. The summed E-state index contributed by atoms with van der Waals surface area (Å²) in [6.45, 7) is 0.750. The van der Waals surface area contributed by atoms with Crippen LogP contribution < -0.4 is 5.73 Å². The molecule has 0 aliphatic carbocycles. The van der Waals surface area contributed by atoms with Crippen LogP contribution in [-0.4, -0.2) is 59.7 Å². The van der Waals surface area contributed by atoms with E-state index >= 15 is 0 Å². The van der Waals surface area contributed by atoms with Gasteiger partial charge in [0, 0.05) is 17.1 Å². The number of carbonyl (C=O) groups is 1. The molecule has 0 radical (unpaired) electrons. The van der Waals surface area contributed by atoms with Crippen LogP contribution in [0.5, 0.6) is 0 Å². The monoisotopic (exact) mass is 482 g/mol. The molecule has 174 valence electrons. The first kappa shape index (κ1) is 22.2. The van der Waals surface area contributed by atoms with Gasteiger partial charge >= 0.3 is 0 Å². The lowest BCUT2D eigenvalue weighted by Gasteiger charge is -2.28. The molecule has 2 aromatic heterocycles. The number of nitrogen functional groups attached to an aromatic ring is 1. The third-order valence-corrected chi connectivity index (χ3v) is 7.00. The Morgan fingerprint density at radius 1 is 1.09 bits per heavy atom. The molecule has 0 saturated carbocycles. The van der Waals surface area contributed by atoms with Crippen molar-refractivity contribution in [1.82, 2.24) is 24.6 Å². The number of hydrogen-bond donors (Lipinski definition) is 1. The second kappa shape index (κ2) is 8.99. The van der Waals surface area contributed by atoms with Crippen LogP contribution in [0.1, 0.15) is 15.9 Å². The molecule has 1 aliphatic heterocycles. The molecule has 4 aromatic rings. The molecule has 0 unspecified atom stereocenters. The highest BCUT2D eigenvalue weighted by Gasteiger charge is 2.27. The van der Waals surface area contributed by atoms with Gasteiger partial charge in [0.25, 0.3) is 5.91 Å². The van der Waals surface area contributed by atoms with Crippen molar-refractivity contribution in [2.24, 2.45) is 0 Å². The average molecular weight is 483 g/mol. The van der Waals surface area contributed by atoms with Gasteiger partial charge in [-0.2, -0.15) is 5.10 Å². The van der Waals surface area contributed by atoms with Gasteiger partial charge in [0.2, 0.25) is 0 Å². The zero-order valence-electron chi connectivity index (χ0n) is 17.9. The fourth-order valence-corrected chi connectivity index (χ4v) is 5.00. The molecule has 2 N–H and O–H groups in total. The number of aromatic nitrogens is 4. The molecule has 1 aliphatic rings. The predicted molar refractivity (Wildman–Crippen MR) is 124 cm³/mol. The lowest BCUT2D eigenvalue weighted by atomic mass is 10.1. The number of hydrogen-bond acceptors (Lipinski definition) is 6. The summed E-state index contributed by atoms with van der Waals surface area (Å²) in [6, 6.07) is 10.7. The van der Waals surface area contributed by atoms with Crippen molar-refractivity contribution in [3.05, 3.63) is 71.4 Å². The van der Waals surface area contributed by atoms with Crippen molar-refractivity contribution >= 4 is 33.8 Å². The van der Waals surface area contributed by atoms with Gasteiger partial charge in [0.05, 0.1) is 19.6 Å². The van der Waals surface area contributed by atoms with E-state index in [0.29, 0.717) is 35.5 Å². The number of benzene rings is 2. The molecular formula is C23H20F2N6O2S. The summed E-state index contributed by atoms with van der Waals surface area (Å²) in [7, 11) is 0. The minimum Gasteiger partial charge on any atom is -0.616 e. The van der Waals surface area contributed by atoms with Crippen LogP contribution in [0.3, 0.4) is 0 Å². The second-order valence-electron chi connectivity index (χ2n) is 7.87. The Hall–Kier alpha value is -3.57. The minimum absolute atomic E-state index is 0.00644. The van der Waals surface area contributed by atoms with E-state index in [-0.39, 0.29) is 40.9 Å².